The molecule has 1 amide bonds. The van der Waals surface area contributed by atoms with Gasteiger partial charge in [0.05, 0.1) is 18.3 Å². The van der Waals surface area contributed by atoms with Crippen molar-refractivity contribution in [2.75, 3.05) is 31.1 Å². The van der Waals surface area contributed by atoms with Crippen molar-refractivity contribution in [3.8, 4) is 0 Å². The molecule has 4 heterocycles. The molecule has 2 aromatic heterocycles. The van der Waals surface area contributed by atoms with Gasteiger partial charge in [0.2, 0.25) is 5.91 Å². The Balaban J connectivity index is 1.41. The third-order valence-electron chi connectivity index (χ3n) is 5.12. The van der Waals surface area contributed by atoms with Crippen LogP contribution < -0.4 is 4.90 Å². The van der Waals surface area contributed by atoms with Crippen LogP contribution >= 0.6 is 11.3 Å². The SMILES string of the molecule is O=C([C@H]1CCCN(c2nccs2)C1)N1CCC[C@H](n2ccnc2)C1. The number of imidazole rings is 1. The molecule has 2 atom stereocenters. The number of anilines is 1. The number of piperidine rings is 2. The van der Waals surface area contributed by atoms with Gasteiger partial charge in [0, 0.05) is 50.1 Å². The van der Waals surface area contributed by atoms with E-state index >= 15 is 0 Å². The highest BCUT2D eigenvalue weighted by Gasteiger charge is 2.32. The summed E-state index contributed by atoms with van der Waals surface area (Å²) in [5.74, 6) is 0.422. The number of carbonyl (C=O) groups excluding carboxylic acids is 1. The van der Waals surface area contributed by atoms with Gasteiger partial charge in [0.1, 0.15) is 0 Å². The molecule has 0 aromatic carbocycles. The van der Waals surface area contributed by atoms with Crippen LogP contribution in [0, 0.1) is 5.92 Å². The molecule has 0 aliphatic carbocycles. The van der Waals surface area contributed by atoms with Crippen LogP contribution in [-0.2, 0) is 4.79 Å². The van der Waals surface area contributed by atoms with Crippen LogP contribution in [0.25, 0.3) is 0 Å². The second kappa shape index (κ2) is 6.93. The first-order valence-corrected chi connectivity index (χ1v) is 9.60. The van der Waals surface area contributed by atoms with Crippen molar-refractivity contribution < 1.29 is 4.79 Å². The van der Waals surface area contributed by atoms with Crippen molar-refractivity contribution in [1.29, 1.82) is 0 Å². The molecule has 2 aromatic rings. The number of rotatable bonds is 3. The highest BCUT2D eigenvalue weighted by Crippen LogP contribution is 2.28. The quantitative estimate of drug-likeness (QED) is 0.857. The fraction of sp³-hybridized carbons (Fsp3) is 0.588. The summed E-state index contributed by atoms with van der Waals surface area (Å²) in [5.41, 5.74) is 0. The molecule has 2 aliphatic rings. The van der Waals surface area contributed by atoms with Crippen LogP contribution in [0.1, 0.15) is 31.7 Å². The zero-order valence-electron chi connectivity index (χ0n) is 13.8. The van der Waals surface area contributed by atoms with E-state index in [4.69, 9.17) is 0 Å². The van der Waals surface area contributed by atoms with Crippen LogP contribution in [0.15, 0.2) is 30.3 Å². The van der Waals surface area contributed by atoms with E-state index in [1.807, 2.05) is 30.3 Å². The number of hydrogen-bond acceptors (Lipinski definition) is 5. The van der Waals surface area contributed by atoms with Gasteiger partial charge in [0.25, 0.3) is 0 Å². The van der Waals surface area contributed by atoms with Crippen LogP contribution in [0.5, 0.6) is 0 Å². The summed E-state index contributed by atoms with van der Waals surface area (Å²) in [7, 11) is 0. The Bertz CT molecular complexity index is 600. The van der Waals surface area contributed by atoms with E-state index in [0.717, 1.165) is 57.0 Å². The lowest BCUT2D eigenvalue weighted by Crippen LogP contribution is -2.48. The molecular weight excluding hydrogens is 322 g/mol. The Hall–Kier alpha value is -1.89. The van der Waals surface area contributed by atoms with Crippen molar-refractivity contribution in [2.24, 2.45) is 5.92 Å². The largest absolute Gasteiger partial charge is 0.347 e. The summed E-state index contributed by atoms with van der Waals surface area (Å²) in [4.78, 5) is 25.9. The molecule has 0 saturated carbocycles. The molecule has 128 valence electrons. The fourth-order valence-corrected chi connectivity index (χ4v) is 4.55. The standard InChI is InChI=1S/C17H23N5OS/c23-16(14-3-1-8-21(11-14)17-19-6-10-24-17)20-7-2-4-15(12-20)22-9-5-18-13-22/h5-6,9-10,13-15H,1-4,7-8,11-12H2/t14-,15-/m0/s1. The fourth-order valence-electron chi connectivity index (χ4n) is 3.87. The van der Waals surface area contributed by atoms with E-state index in [0.29, 0.717) is 11.9 Å². The highest BCUT2D eigenvalue weighted by molar-refractivity contribution is 7.13. The number of aromatic nitrogens is 3. The number of amides is 1. The normalized spacial score (nSPS) is 25.0. The van der Waals surface area contributed by atoms with Gasteiger partial charge >= 0.3 is 0 Å². The zero-order chi connectivity index (χ0) is 16.4. The Morgan fingerprint density at radius 3 is 2.88 bits per heavy atom. The van der Waals surface area contributed by atoms with Crippen LogP contribution in [0.4, 0.5) is 5.13 Å². The lowest BCUT2D eigenvalue weighted by molar-refractivity contribution is -0.137. The first-order valence-electron chi connectivity index (χ1n) is 8.72. The minimum atomic E-state index is 0.101. The Kier molecular flexibility index (Phi) is 4.51. The summed E-state index contributed by atoms with van der Waals surface area (Å²) in [6.07, 6.45) is 11.8. The van der Waals surface area contributed by atoms with E-state index in [2.05, 4.69) is 24.3 Å². The van der Waals surface area contributed by atoms with Crippen LogP contribution in [0.2, 0.25) is 0 Å². The number of thiazole rings is 1. The van der Waals surface area contributed by atoms with Gasteiger partial charge in [-0.1, -0.05) is 0 Å². The zero-order valence-corrected chi connectivity index (χ0v) is 14.6. The van der Waals surface area contributed by atoms with Crippen molar-refractivity contribution in [3.63, 3.8) is 0 Å². The molecule has 0 bridgehead atoms. The molecule has 6 nitrogen and oxygen atoms in total. The molecule has 0 unspecified atom stereocenters. The molecule has 7 heteroatoms. The average molecular weight is 345 g/mol. The van der Waals surface area contributed by atoms with Crippen molar-refractivity contribution in [1.82, 2.24) is 19.4 Å². The maximum atomic E-state index is 13.0. The predicted molar refractivity (Wildman–Crippen MR) is 94.1 cm³/mol. The van der Waals surface area contributed by atoms with Crippen LogP contribution in [0.3, 0.4) is 0 Å². The van der Waals surface area contributed by atoms with E-state index in [1.165, 1.54) is 0 Å². The topological polar surface area (TPSA) is 54.3 Å². The summed E-state index contributed by atoms with van der Waals surface area (Å²) < 4.78 is 2.14. The highest BCUT2D eigenvalue weighted by atomic mass is 32.1. The molecule has 4 rings (SSSR count). The second-order valence-electron chi connectivity index (χ2n) is 6.69. The summed E-state index contributed by atoms with van der Waals surface area (Å²) in [6, 6.07) is 0.365. The minimum Gasteiger partial charge on any atom is -0.347 e. The number of likely N-dealkylation sites (tertiary alicyclic amines) is 1. The summed E-state index contributed by atoms with van der Waals surface area (Å²) in [5, 5.41) is 3.05. The Morgan fingerprint density at radius 1 is 1.17 bits per heavy atom. The second-order valence-corrected chi connectivity index (χ2v) is 7.56. The lowest BCUT2D eigenvalue weighted by Gasteiger charge is -2.38. The molecule has 24 heavy (non-hydrogen) atoms. The Labute approximate surface area is 146 Å². The third-order valence-corrected chi connectivity index (χ3v) is 5.95. The minimum absolute atomic E-state index is 0.101. The maximum Gasteiger partial charge on any atom is 0.227 e. The van der Waals surface area contributed by atoms with E-state index in [9.17, 15) is 4.79 Å². The summed E-state index contributed by atoms with van der Waals surface area (Å²) in [6.45, 7) is 3.51. The molecular formula is C17H23N5OS. The molecule has 0 spiro atoms. The van der Waals surface area contributed by atoms with Gasteiger partial charge in [-0.3, -0.25) is 4.79 Å². The van der Waals surface area contributed by atoms with Gasteiger partial charge in [-0.05, 0) is 25.7 Å². The number of carbonyl (C=O) groups is 1. The van der Waals surface area contributed by atoms with E-state index in [-0.39, 0.29) is 5.92 Å². The molecule has 0 radical (unpaired) electrons. The van der Waals surface area contributed by atoms with Gasteiger partial charge in [-0.2, -0.15) is 0 Å². The molecule has 2 aliphatic heterocycles. The van der Waals surface area contributed by atoms with E-state index in [1.54, 1.807) is 11.3 Å². The smallest absolute Gasteiger partial charge is 0.227 e. The van der Waals surface area contributed by atoms with Crippen LogP contribution in [-0.4, -0.2) is 51.5 Å². The van der Waals surface area contributed by atoms with E-state index < -0.39 is 0 Å². The first-order chi connectivity index (χ1) is 11.8. The average Bonchev–Trinajstić information content (AvgIpc) is 3.35. The molecule has 2 saturated heterocycles. The first kappa shape index (κ1) is 15.6. The number of hydrogen-bond donors (Lipinski definition) is 0. The molecule has 0 N–H and O–H groups in total. The van der Waals surface area contributed by atoms with Gasteiger partial charge in [0.15, 0.2) is 5.13 Å². The molecule has 2 fully saturated rings. The van der Waals surface area contributed by atoms with Gasteiger partial charge in [-0.25, -0.2) is 9.97 Å². The monoisotopic (exact) mass is 345 g/mol. The van der Waals surface area contributed by atoms with Crippen molar-refractivity contribution in [3.05, 3.63) is 30.3 Å². The summed E-state index contributed by atoms with van der Waals surface area (Å²) >= 11 is 1.66. The van der Waals surface area contributed by atoms with Crippen molar-refractivity contribution >= 4 is 22.4 Å². The lowest BCUT2D eigenvalue weighted by atomic mass is 9.95. The van der Waals surface area contributed by atoms with Gasteiger partial charge < -0.3 is 14.4 Å². The number of nitrogens with zero attached hydrogens (tertiary/aromatic N) is 5. The van der Waals surface area contributed by atoms with Gasteiger partial charge in [-0.15, -0.1) is 11.3 Å². The maximum absolute atomic E-state index is 13.0. The Morgan fingerprint density at radius 2 is 2.08 bits per heavy atom. The third kappa shape index (κ3) is 3.17. The van der Waals surface area contributed by atoms with Crippen molar-refractivity contribution in [2.45, 2.75) is 31.7 Å². The predicted octanol–water partition coefficient (Wildman–Crippen LogP) is 2.42.